The van der Waals surface area contributed by atoms with Crippen LogP contribution in [0.5, 0.6) is 0 Å². The second-order valence-electron chi connectivity index (χ2n) is 9.43. The van der Waals surface area contributed by atoms with Crippen LogP contribution in [0, 0.1) is 17.7 Å². The van der Waals surface area contributed by atoms with Crippen LogP contribution in [-0.4, -0.2) is 33.0 Å². The third-order valence-electron chi connectivity index (χ3n) is 6.85. The van der Waals surface area contributed by atoms with Crippen molar-refractivity contribution in [3.63, 3.8) is 0 Å². The van der Waals surface area contributed by atoms with E-state index in [1.54, 1.807) is 0 Å². The van der Waals surface area contributed by atoms with Crippen LogP contribution in [0.15, 0.2) is 30.3 Å². The lowest BCUT2D eigenvalue weighted by Gasteiger charge is -2.15. The van der Waals surface area contributed by atoms with E-state index in [0.717, 1.165) is 61.7 Å². The SMILES string of the molecule is CCCNCc1nc2c(F)cc(C#Cc3ccc4c(c3)CCc3[nH]c([C@@H]5CCCN5)nc3-4)cc2[nH]1. The first kappa shape index (κ1) is 22.0. The predicted molar refractivity (Wildman–Crippen MR) is 135 cm³/mol. The number of nitrogens with one attached hydrogen (secondary N) is 4. The fourth-order valence-corrected chi connectivity index (χ4v) is 5.10. The van der Waals surface area contributed by atoms with Crippen molar-refractivity contribution >= 4 is 11.0 Å². The number of imidazole rings is 2. The third-order valence-corrected chi connectivity index (χ3v) is 6.85. The Hall–Kier alpha value is -3.47. The summed E-state index contributed by atoms with van der Waals surface area (Å²) in [6, 6.07) is 9.98. The normalized spacial score (nSPS) is 16.7. The highest BCUT2D eigenvalue weighted by atomic mass is 19.1. The minimum atomic E-state index is -0.353. The number of hydrogen-bond acceptors (Lipinski definition) is 4. The van der Waals surface area contributed by atoms with Crippen LogP contribution < -0.4 is 10.6 Å². The summed E-state index contributed by atoms with van der Waals surface area (Å²) in [7, 11) is 0. The summed E-state index contributed by atoms with van der Waals surface area (Å²) in [4.78, 5) is 16.1. The van der Waals surface area contributed by atoms with Crippen LogP contribution in [-0.2, 0) is 19.4 Å². The molecule has 2 aromatic heterocycles. The number of benzene rings is 2. The molecule has 0 spiro atoms. The van der Waals surface area contributed by atoms with Crippen LogP contribution in [0.3, 0.4) is 0 Å². The molecule has 1 fully saturated rings. The first-order valence-corrected chi connectivity index (χ1v) is 12.5. The zero-order valence-corrected chi connectivity index (χ0v) is 19.9. The van der Waals surface area contributed by atoms with E-state index in [2.05, 4.69) is 56.5 Å². The van der Waals surface area contributed by atoms with E-state index < -0.39 is 0 Å². The van der Waals surface area contributed by atoms with Gasteiger partial charge in [-0.05, 0) is 75.0 Å². The summed E-state index contributed by atoms with van der Waals surface area (Å²) < 4.78 is 14.7. The van der Waals surface area contributed by atoms with Crippen molar-refractivity contribution in [1.82, 2.24) is 30.6 Å². The minimum Gasteiger partial charge on any atom is -0.344 e. The van der Waals surface area contributed by atoms with Gasteiger partial charge in [0.2, 0.25) is 0 Å². The summed E-state index contributed by atoms with van der Waals surface area (Å²) in [6.45, 7) is 4.66. The van der Waals surface area contributed by atoms with Crippen molar-refractivity contribution in [2.45, 2.75) is 51.6 Å². The summed E-state index contributed by atoms with van der Waals surface area (Å²) in [5.41, 5.74) is 7.35. The lowest BCUT2D eigenvalue weighted by Crippen LogP contribution is -2.14. The molecule has 0 amide bonds. The molecular weight excluding hydrogens is 439 g/mol. The van der Waals surface area contributed by atoms with Gasteiger partial charge in [0.15, 0.2) is 5.82 Å². The maximum atomic E-state index is 14.7. The quantitative estimate of drug-likeness (QED) is 0.257. The number of aromatic amines is 2. The van der Waals surface area contributed by atoms with Gasteiger partial charge in [-0.1, -0.05) is 24.8 Å². The molecule has 2 aromatic carbocycles. The molecule has 35 heavy (non-hydrogen) atoms. The summed E-state index contributed by atoms with van der Waals surface area (Å²) in [5.74, 6) is 7.80. The van der Waals surface area contributed by atoms with E-state index >= 15 is 0 Å². The Morgan fingerprint density at radius 3 is 2.86 bits per heavy atom. The van der Waals surface area contributed by atoms with Crippen LogP contribution in [0.25, 0.3) is 22.3 Å². The zero-order chi connectivity index (χ0) is 23.8. The summed E-state index contributed by atoms with van der Waals surface area (Å²) >= 11 is 0. The minimum absolute atomic E-state index is 0.338. The Kier molecular flexibility index (Phi) is 5.85. The van der Waals surface area contributed by atoms with Crippen LogP contribution >= 0.6 is 0 Å². The maximum Gasteiger partial charge on any atom is 0.152 e. The molecule has 0 saturated carbocycles. The van der Waals surface area contributed by atoms with Gasteiger partial charge < -0.3 is 20.6 Å². The predicted octanol–water partition coefficient (Wildman–Crippen LogP) is 4.51. The van der Waals surface area contributed by atoms with Crippen molar-refractivity contribution in [3.05, 3.63) is 70.2 Å². The van der Waals surface area contributed by atoms with Gasteiger partial charge in [-0.25, -0.2) is 14.4 Å². The first-order chi connectivity index (χ1) is 17.2. The Morgan fingerprint density at radius 2 is 2.00 bits per heavy atom. The monoisotopic (exact) mass is 468 g/mol. The molecule has 2 aliphatic rings. The first-order valence-electron chi connectivity index (χ1n) is 12.5. The van der Waals surface area contributed by atoms with Crippen LogP contribution in [0.4, 0.5) is 4.39 Å². The number of rotatable bonds is 5. The molecule has 1 aliphatic heterocycles. The number of halogens is 1. The second-order valence-corrected chi connectivity index (χ2v) is 9.43. The highest BCUT2D eigenvalue weighted by molar-refractivity contribution is 5.78. The molecule has 0 unspecified atom stereocenters. The smallest absolute Gasteiger partial charge is 0.152 e. The number of aryl methyl sites for hydroxylation is 2. The number of H-pyrrole nitrogens is 2. The highest BCUT2D eigenvalue weighted by Crippen LogP contribution is 2.34. The molecule has 7 heteroatoms. The molecule has 3 heterocycles. The van der Waals surface area contributed by atoms with Gasteiger partial charge in [0.05, 0.1) is 23.8 Å². The molecule has 1 saturated heterocycles. The molecule has 1 aliphatic carbocycles. The standard InChI is InChI=1S/C28H29FN6/c1-2-11-30-16-25-32-24-15-18(14-21(29)27(24)34-25)6-5-17-7-9-20-19(13-17)8-10-22-26(20)35-28(33-22)23-4-3-12-31-23/h7,9,13-15,23,30-31H,2-4,8,10-12,16H2,1H3,(H,32,34)(H,33,35)/t23-/m0/s1. The van der Waals surface area contributed by atoms with E-state index in [4.69, 9.17) is 4.98 Å². The molecule has 178 valence electrons. The third kappa shape index (κ3) is 4.36. The largest absolute Gasteiger partial charge is 0.344 e. The van der Waals surface area contributed by atoms with Crippen LogP contribution in [0.1, 0.15) is 66.3 Å². The van der Waals surface area contributed by atoms with Gasteiger partial charge in [-0.15, -0.1) is 0 Å². The second kappa shape index (κ2) is 9.29. The molecule has 6 nitrogen and oxygen atoms in total. The van der Waals surface area contributed by atoms with E-state index in [-0.39, 0.29) is 5.82 Å². The lowest BCUT2D eigenvalue weighted by molar-refractivity contribution is 0.611. The Labute approximate surface area is 204 Å². The van der Waals surface area contributed by atoms with Crippen molar-refractivity contribution in [3.8, 4) is 23.1 Å². The molecule has 0 bridgehead atoms. The van der Waals surface area contributed by atoms with E-state index in [9.17, 15) is 4.39 Å². The molecular formula is C28H29FN6. The van der Waals surface area contributed by atoms with E-state index in [1.165, 1.54) is 29.3 Å². The zero-order valence-electron chi connectivity index (χ0n) is 19.9. The summed E-state index contributed by atoms with van der Waals surface area (Å²) in [5, 5.41) is 6.81. The van der Waals surface area contributed by atoms with Gasteiger partial charge >= 0.3 is 0 Å². The molecule has 4 aromatic rings. The lowest BCUT2D eigenvalue weighted by atomic mass is 9.91. The van der Waals surface area contributed by atoms with Crippen molar-refractivity contribution in [2.24, 2.45) is 0 Å². The van der Waals surface area contributed by atoms with Crippen molar-refractivity contribution in [2.75, 3.05) is 13.1 Å². The molecule has 6 rings (SSSR count). The number of aromatic nitrogens is 4. The molecule has 1 atom stereocenters. The number of nitrogens with zero attached hydrogens (tertiary/aromatic N) is 2. The average Bonchev–Trinajstić information content (AvgIpc) is 3.62. The van der Waals surface area contributed by atoms with Gasteiger partial charge in [0, 0.05) is 22.4 Å². The number of fused-ring (bicyclic) bond motifs is 4. The van der Waals surface area contributed by atoms with Crippen LogP contribution in [0.2, 0.25) is 0 Å². The maximum absolute atomic E-state index is 14.7. The topological polar surface area (TPSA) is 81.4 Å². The van der Waals surface area contributed by atoms with E-state index in [1.807, 2.05) is 12.1 Å². The Morgan fingerprint density at radius 1 is 1.09 bits per heavy atom. The van der Waals surface area contributed by atoms with Gasteiger partial charge in [-0.3, -0.25) is 0 Å². The van der Waals surface area contributed by atoms with E-state index in [0.29, 0.717) is 29.2 Å². The Bertz CT molecular complexity index is 1450. The van der Waals surface area contributed by atoms with Crippen molar-refractivity contribution in [1.29, 1.82) is 0 Å². The fraction of sp³-hybridized carbons (Fsp3) is 0.357. The number of hydrogen-bond donors (Lipinski definition) is 4. The van der Waals surface area contributed by atoms with Gasteiger partial charge in [-0.2, -0.15) is 0 Å². The Balaban J connectivity index is 1.24. The van der Waals surface area contributed by atoms with Crippen molar-refractivity contribution < 1.29 is 4.39 Å². The highest BCUT2D eigenvalue weighted by Gasteiger charge is 2.25. The summed E-state index contributed by atoms with van der Waals surface area (Å²) in [6.07, 6.45) is 5.29. The molecule has 4 N–H and O–H groups in total. The van der Waals surface area contributed by atoms with Gasteiger partial charge in [0.1, 0.15) is 17.2 Å². The molecule has 0 radical (unpaired) electrons. The average molecular weight is 469 g/mol. The fourth-order valence-electron chi connectivity index (χ4n) is 5.10. The van der Waals surface area contributed by atoms with Gasteiger partial charge in [0.25, 0.3) is 0 Å².